The second kappa shape index (κ2) is 19.0. The summed E-state index contributed by atoms with van der Waals surface area (Å²) < 4.78 is 5.35. The first-order valence-electron chi connectivity index (χ1n) is 18.9. The van der Waals surface area contributed by atoms with Crippen LogP contribution in [0.4, 0.5) is 16.4 Å². The van der Waals surface area contributed by atoms with E-state index < -0.39 is 34.8 Å². The van der Waals surface area contributed by atoms with Gasteiger partial charge < -0.3 is 31.0 Å². The van der Waals surface area contributed by atoms with Crippen LogP contribution in [0.15, 0.2) is 156 Å². The normalized spacial score (nSPS) is 11.7. The van der Waals surface area contributed by atoms with Gasteiger partial charge in [0.15, 0.2) is 0 Å². The molecular weight excluding hydrogens is 795 g/mol. The summed E-state index contributed by atoms with van der Waals surface area (Å²) in [4.78, 5) is 72.4. The lowest BCUT2D eigenvalue weighted by Crippen LogP contribution is -2.30. The number of hydrogen-bond acceptors (Lipinski definition) is 8. The molecule has 5 aromatic carbocycles. The largest absolute Gasteiger partial charge is 0.462 e. The number of aromatic amines is 1. The molecule has 4 amide bonds. The van der Waals surface area contributed by atoms with Gasteiger partial charge in [-0.1, -0.05) is 91.0 Å². The van der Waals surface area contributed by atoms with Crippen LogP contribution in [0.3, 0.4) is 0 Å². The highest BCUT2D eigenvalue weighted by molar-refractivity contribution is 8.00. The fraction of sp³-hybridized carbons (Fsp3) is 0.0851. The van der Waals surface area contributed by atoms with Crippen LogP contribution in [0, 0.1) is 6.92 Å². The lowest BCUT2D eigenvalue weighted by molar-refractivity contribution is -0.116. The van der Waals surface area contributed by atoms with Crippen molar-refractivity contribution >= 4 is 86.1 Å². The molecule has 7 rings (SSSR count). The highest BCUT2D eigenvalue weighted by Gasteiger charge is 2.30. The van der Waals surface area contributed by atoms with Crippen LogP contribution in [0.5, 0.6) is 0 Å². The Hall–Kier alpha value is -7.22. The van der Waals surface area contributed by atoms with Crippen LogP contribution in [0.2, 0.25) is 0 Å². The average molecular weight is 834 g/mol. The minimum absolute atomic E-state index is 0.0219. The summed E-state index contributed by atoms with van der Waals surface area (Å²) >= 11 is 2.23. The molecule has 0 spiro atoms. The molecule has 0 aliphatic carbocycles. The second-order valence-electron chi connectivity index (χ2n) is 13.3. The van der Waals surface area contributed by atoms with E-state index in [1.54, 1.807) is 98.9 Å². The van der Waals surface area contributed by atoms with E-state index >= 15 is 0 Å². The molecule has 0 radical (unpaired) electrons. The minimum Gasteiger partial charge on any atom is -0.462 e. The van der Waals surface area contributed by atoms with Crippen molar-refractivity contribution in [3.63, 3.8) is 0 Å². The lowest BCUT2D eigenvalue weighted by atomic mass is 10.1. The highest BCUT2D eigenvalue weighted by atomic mass is 32.2. The Morgan fingerprint density at radius 3 is 2.15 bits per heavy atom. The van der Waals surface area contributed by atoms with E-state index in [-0.39, 0.29) is 27.7 Å². The van der Waals surface area contributed by atoms with Gasteiger partial charge in [0.25, 0.3) is 17.7 Å². The van der Waals surface area contributed by atoms with Gasteiger partial charge in [0.05, 0.1) is 17.0 Å². The van der Waals surface area contributed by atoms with Crippen molar-refractivity contribution in [2.45, 2.75) is 24.0 Å². The molecule has 1 unspecified atom stereocenters. The van der Waals surface area contributed by atoms with Gasteiger partial charge >= 0.3 is 5.97 Å². The number of anilines is 3. The number of aromatic nitrogens is 1. The molecule has 0 fully saturated rings. The molecule has 0 saturated heterocycles. The number of carbonyl (C=O) groups is 5. The SMILES string of the molecule is CCOC(=O)c1c(NC(=O)C(Sc2cccc(NC(=O)/C(=C/c3c[nH]c4ccccc34)NC(=O)c3ccccc3)c2)c2ccccc2)sc(C(=O)Nc2ccccc2)c1C. The molecule has 13 heteroatoms. The summed E-state index contributed by atoms with van der Waals surface area (Å²) in [6, 6.07) is 41.3. The Balaban J connectivity index is 1.15. The molecule has 300 valence electrons. The van der Waals surface area contributed by atoms with Crippen LogP contribution in [0.25, 0.3) is 17.0 Å². The van der Waals surface area contributed by atoms with Crippen LogP contribution < -0.4 is 21.3 Å². The topological polar surface area (TPSA) is 158 Å². The number of thiophene rings is 1. The number of amides is 4. The molecule has 0 bridgehead atoms. The molecule has 1 atom stereocenters. The third kappa shape index (κ3) is 9.72. The first-order valence-corrected chi connectivity index (χ1v) is 20.6. The van der Waals surface area contributed by atoms with E-state index in [0.717, 1.165) is 22.2 Å². The number of nitrogens with one attached hydrogen (secondary N) is 5. The molecule has 0 aliphatic rings. The van der Waals surface area contributed by atoms with Gasteiger partial charge in [-0.05, 0) is 79.6 Å². The number of esters is 1. The van der Waals surface area contributed by atoms with E-state index in [1.807, 2.05) is 66.7 Å². The van der Waals surface area contributed by atoms with Crippen LogP contribution in [-0.4, -0.2) is 41.2 Å². The van der Waals surface area contributed by atoms with Crippen molar-refractivity contribution in [2.24, 2.45) is 0 Å². The molecular formula is C47H39N5O6S2. The Labute approximate surface area is 354 Å². The number of hydrogen-bond donors (Lipinski definition) is 5. The lowest BCUT2D eigenvalue weighted by Gasteiger charge is -2.18. The molecule has 5 N–H and O–H groups in total. The monoisotopic (exact) mass is 833 g/mol. The maximum atomic E-state index is 14.3. The van der Waals surface area contributed by atoms with Crippen LogP contribution >= 0.6 is 23.1 Å². The van der Waals surface area contributed by atoms with E-state index in [1.165, 1.54) is 11.8 Å². The van der Waals surface area contributed by atoms with Gasteiger partial charge in [-0.3, -0.25) is 19.2 Å². The molecule has 7 aromatic rings. The van der Waals surface area contributed by atoms with Gasteiger partial charge in [0, 0.05) is 44.5 Å². The zero-order valence-corrected chi connectivity index (χ0v) is 34.1. The maximum Gasteiger partial charge on any atom is 0.341 e. The average Bonchev–Trinajstić information content (AvgIpc) is 3.83. The Morgan fingerprint density at radius 1 is 0.750 bits per heavy atom. The van der Waals surface area contributed by atoms with Gasteiger partial charge in [-0.15, -0.1) is 23.1 Å². The predicted molar refractivity (Wildman–Crippen MR) is 238 cm³/mol. The Kier molecular flexibility index (Phi) is 13.0. The van der Waals surface area contributed by atoms with Crippen LogP contribution in [-0.2, 0) is 14.3 Å². The zero-order valence-electron chi connectivity index (χ0n) is 32.5. The number of ether oxygens (including phenoxy) is 1. The van der Waals surface area contributed by atoms with E-state index in [2.05, 4.69) is 26.3 Å². The standard InChI is InChI=1S/C47H39N5O6S2/c1-3-58-47(57)39-29(2)40(44(55)49-33-20-11-6-12-21-33)60-46(39)52-45(56)41(30-16-7-4-8-17-30)59-35-23-15-22-34(27-35)50-43(54)38(51-42(53)31-18-9-5-10-19-31)26-32-28-48-37-25-14-13-24-36(32)37/h4-28,41,48H,3H2,1-2H3,(H,49,55)(H,50,54)(H,51,53)(H,52,56)/b38-26-. The van der Waals surface area contributed by atoms with Gasteiger partial charge in [0.2, 0.25) is 5.91 Å². The number of thioether (sulfide) groups is 1. The number of rotatable bonds is 14. The smallest absolute Gasteiger partial charge is 0.341 e. The molecule has 11 nitrogen and oxygen atoms in total. The summed E-state index contributed by atoms with van der Waals surface area (Å²) in [5, 5.41) is 11.7. The van der Waals surface area contributed by atoms with Crippen LogP contribution in [0.1, 0.15) is 59.3 Å². The van der Waals surface area contributed by atoms with Crippen molar-refractivity contribution in [1.82, 2.24) is 10.3 Å². The zero-order chi connectivity index (χ0) is 42.0. The third-order valence-corrected chi connectivity index (χ3v) is 11.7. The highest BCUT2D eigenvalue weighted by Crippen LogP contribution is 2.40. The Bertz CT molecular complexity index is 2710. The first-order chi connectivity index (χ1) is 29.2. The summed E-state index contributed by atoms with van der Waals surface area (Å²) in [5.41, 5.74) is 4.15. The maximum absolute atomic E-state index is 14.3. The quantitative estimate of drug-likeness (QED) is 0.0415. The van der Waals surface area contributed by atoms with Gasteiger partial charge in [-0.2, -0.15) is 0 Å². The molecule has 0 saturated carbocycles. The van der Waals surface area contributed by atoms with Crippen molar-refractivity contribution in [3.05, 3.63) is 184 Å². The van der Waals surface area contributed by atoms with Crippen molar-refractivity contribution in [3.8, 4) is 0 Å². The molecule has 2 heterocycles. The third-order valence-electron chi connectivity index (χ3n) is 9.24. The van der Waals surface area contributed by atoms with E-state index in [9.17, 15) is 24.0 Å². The van der Waals surface area contributed by atoms with Crippen molar-refractivity contribution < 1.29 is 28.7 Å². The molecule has 2 aromatic heterocycles. The first kappa shape index (κ1) is 41.0. The predicted octanol–water partition coefficient (Wildman–Crippen LogP) is 9.85. The summed E-state index contributed by atoms with van der Waals surface area (Å²) in [6.07, 6.45) is 3.39. The fourth-order valence-corrected chi connectivity index (χ4v) is 8.52. The summed E-state index contributed by atoms with van der Waals surface area (Å²) in [6.45, 7) is 3.43. The number of benzene rings is 5. The second-order valence-corrected chi connectivity index (χ2v) is 15.5. The van der Waals surface area contributed by atoms with Gasteiger partial charge in [-0.25, -0.2) is 4.79 Å². The van der Waals surface area contributed by atoms with E-state index in [0.29, 0.717) is 38.5 Å². The number of H-pyrrole nitrogens is 1. The molecule has 0 aliphatic heterocycles. The number of para-hydroxylation sites is 2. The van der Waals surface area contributed by atoms with Crippen molar-refractivity contribution in [2.75, 3.05) is 22.6 Å². The number of carbonyl (C=O) groups excluding carboxylic acids is 5. The minimum atomic E-state index is -0.835. The molecule has 60 heavy (non-hydrogen) atoms. The van der Waals surface area contributed by atoms with E-state index in [4.69, 9.17) is 4.74 Å². The summed E-state index contributed by atoms with van der Waals surface area (Å²) in [5.74, 6) is -2.55. The number of fused-ring (bicyclic) bond motifs is 1. The Morgan fingerprint density at radius 2 is 1.42 bits per heavy atom. The van der Waals surface area contributed by atoms with Crippen molar-refractivity contribution in [1.29, 1.82) is 0 Å². The van der Waals surface area contributed by atoms with Gasteiger partial charge in [0.1, 0.15) is 15.9 Å². The summed E-state index contributed by atoms with van der Waals surface area (Å²) in [7, 11) is 0. The fourth-order valence-electron chi connectivity index (χ4n) is 6.35.